The summed E-state index contributed by atoms with van der Waals surface area (Å²) in [7, 11) is 0. The van der Waals surface area contributed by atoms with Gasteiger partial charge in [-0.1, -0.05) is 48.5 Å². The van der Waals surface area contributed by atoms with Crippen LogP contribution in [0.3, 0.4) is 0 Å². The van der Waals surface area contributed by atoms with Gasteiger partial charge in [-0.25, -0.2) is 4.79 Å². The van der Waals surface area contributed by atoms with Crippen LogP contribution in [-0.2, 0) is 15.1 Å². The van der Waals surface area contributed by atoms with Crippen LogP contribution in [0.5, 0.6) is 5.75 Å². The van der Waals surface area contributed by atoms with Crippen molar-refractivity contribution in [3.05, 3.63) is 65.7 Å². The number of carbonyl (C=O) groups excluding carboxylic acids is 1. The van der Waals surface area contributed by atoms with E-state index in [-0.39, 0.29) is 17.8 Å². The van der Waals surface area contributed by atoms with Crippen molar-refractivity contribution in [2.45, 2.75) is 25.3 Å². The molecule has 2 aromatic carbocycles. The molecule has 128 valence electrons. The molecule has 0 amide bonds. The molecule has 0 saturated heterocycles. The lowest BCUT2D eigenvalue weighted by Crippen LogP contribution is -2.39. The number of rotatable bonds is 3. The molecule has 0 aliphatic carbocycles. The zero-order valence-corrected chi connectivity index (χ0v) is 14.4. The van der Waals surface area contributed by atoms with Crippen molar-refractivity contribution in [1.82, 2.24) is 0 Å². The van der Waals surface area contributed by atoms with Gasteiger partial charge in [-0.3, -0.25) is 4.99 Å². The number of hydrogen-bond donors (Lipinski definition) is 0. The molecule has 0 aromatic heterocycles. The van der Waals surface area contributed by atoms with Crippen LogP contribution in [0.2, 0.25) is 0 Å². The van der Waals surface area contributed by atoms with Gasteiger partial charge in [0.25, 0.3) is 0 Å². The van der Waals surface area contributed by atoms with E-state index in [1.54, 1.807) is 0 Å². The summed E-state index contributed by atoms with van der Waals surface area (Å²) in [5, 5.41) is 0. The largest absolute Gasteiger partial charge is 0.493 e. The number of hydrogen-bond acceptors (Lipinski definition) is 4. The molecule has 2 aliphatic rings. The molecule has 0 saturated carbocycles. The molecule has 3 atom stereocenters. The lowest BCUT2D eigenvalue weighted by atomic mass is 9.72. The fraction of sp³-hybridized carbons (Fsp3) is 0.333. The minimum absolute atomic E-state index is 0.0595. The van der Waals surface area contributed by atoms with Crippen molar-refractivity contribution in [3.63, 3.8) is 0 Å². The van der Waals surface area contributed by atoms with E-state index in [4.69, 9.17) is 14.5 Å². The molecule has 0 spiro atoms. The van der Waals surface area contributed by atoms with Crippen LogP contribution in [0.15, 0.2) is 59.6 Å². The van der Waals surface area contributed by atoms with Gasteiger partial charge >= 0.3 is 5.97 Å². The van der Waals surface area contributed by atoms with Crippen molar-refractivity contribution >= 4 is 11.7 Å². The van der Waals surface area contributed by atoms with Crippen LogP contribution in [0.4, 0.5) is 0 Å². The number of fused-ring (bicyclic) bond motifs is 3. The number of nitrogens with zero attached hydrogens (tertiary/aromatic N) is 1. The summed E-state index contributed by atoms with van der Waals surface area (Å²) in [4.78, 5) is 17.6. The average Bonchev–Trinajstić information content (AvgIpc) is 2.96. The highest BCUT2D eigenvalue weighted by Gasteiger charge is 2.54. The van der Waals surface area contributed by atoms with Crippen molar-refractivity contribution < 1.29 is 14.3 Å². The van der Waals surface area contributed by atoms with E-state index in [1.807, 2.05) is 61.5 Å². The Labute approximate surface area is 147 Å². The predicted octanol–water partition coefficient (Wildman–Crippen LogP) is 3.71. The Hall–Kier alpha value is -2.62. The summed E-state index contributed by atoms with van der Waals surface area (Å²) in [6.07, 6.45) is 0. The molecular formula is C21H21NO3. The molecule has 0 bridgehead atoms. The molecule has 1 unspecified atom stereocenters. The van der Waals surface area contributed by atoms with Crippen molar-refractivity contribution in [3.8, 4) is 5.75 Å². The van der Waals surface area contributed by atoms with Gasteiger partial charge in [0.2, 0.25) is 0 Å². The highest BCUT2D eigenvalue weighted by atomic mass is 16.5. The number of ether oxygens (including phenoxy) is 2. The molecular weight excluding hydrogens is 314 g/mol. The van der Waals surface area contributed by atoms with E-state index in [9.17, 15) is 4.79 Å². The van der Waals surface area contributed by atoms with Crippen molar-refractivity contribution in [2.24, 2.45) is 10.9 Å². The summed E-state index contributed by atoms with van der Waals surface area (Å²) < 4.78 is 11.3. The topological polar surface area (TPSA) is 47.9 Å². The molecule has 0 radical (unpaired) electrons. The first-order valence-corrected chi connectivity index (χ1v) is 8.69. The first kappa shape index (κ1) is 15.9. The van der Waals surface area contributed by atoms with Crippen LogP contribution < -0.4 is 4.74 Å². The molecule has 2 aliphatic heterocycles. The maximum absolute atomic E-state index is 12.6. The zero-order valence-electron chi connectivity index (χ0n) is 14.4. The SMILES string of the molecule is CCOC(=O)C1=N[C@]2(C)c3ccccc3OC[C@@H]2C1c1ccccc1. The second kappa shape index (κ2) is 6.03. The number of esters is 1. The summed E-state index contributed by atoms with van der Waals surface area (Å²) in [5.41, 5.74) is 2.12. The van der Waals surface area contributed by atoms with Gasteiger partial charge in [0.05, 0.1) is 18.8 Å². The summed E-state index contributed by atoms with van der Waals surface area (Å²) >= 11 is 0. The standard InChI is InChI=1S/C21H21NO3/c1-3-24-20(23)19-18(14-9-5-4-6-10-14)16-13-25-17-12-8-7-11-15(17)21(16,2)22-19/h4-12,16,18H,3,13H2,1-2H3/t16-,18?,21-/m1/s1. The maximum Gasteiger partial charge on any atom is 0.352 e. The van der Waals surface area contributed by atoms with Crippen molar-refractivity contribution in [1.29, 1.82) is 0 Å². The lowest BCUT2D eigenvalue weighted by Gasteiger charge is -2.38. The Bertz CT molecular complexity index is 830. The van der Waals surface area contributed by atoms with Crippen LogP contribution in [0.1, 0.15) is 30.9 Å². The molecule has 2 heterocycles. The summed E-state index contributed by atoms with van der Waals surface area (Å²) in [5.74, 6) is 0.453. The highest BCUT2D eigenvalue weighted by Crippen LogP contribution is 2.53. The molecule has 2 aromatic rings. The first-order chi connectivity index (χ1) is 12.1. The average molecular weight is 335 g/mol. The molecule has 4 rings (SSSR count). The fourth-order valence-corrected chi connectivity index (χ4v) is 4.05. The third-order valence-corrected chi connectivity index (χ3v) is 5.27. The molecule has 25 heavy (non-hydrogen) atoms. The van der Waals surface area contributed by atoms with E-state index in [0.29, 0.717) is 18.9 Å². The minimum atomic E-state index is -0.489. The Morgan fingerprint density at radius 2 is 1.92 bits per heavy atom. The lowest BCUT2D eigenvalue weighted by molar-refractivity contribution is -0.135. The van der Waals surface area contributed by atoms with Crippen LogP contribution in [0.25, 0.3) is 0 Å². The normalized spacial score (nSPS) is 26.9. The first-order valence-electron chi connectivity index (χ1n) is 8.69. The molecule has 0 fully saturated rings. The molecule has 4 heteroatoms. The number of para-hydroxylation sites is 1. The Kier molecular flexibility index (Phi) is 3.83. The highest BCUT2D eigenvalue weighted by molar-refractivity contribution is 6.39. The fourth-order valence-electron chi connectivity index (χ4n) is 4.05. The Balaban J connectivity index is 1.86. The van der Waals surface area contributed by atoms with Crippen LogP contribution in [-0.4, -0.2) is 24.9 Å². The third-order valence-electron chi connectivity index (χ3n) is 5.27. The molecule has 4 nitrogen and oxygen atoms in total. The van der Waals surface area contributed by atoms with Gasteiger partial charge in [0, 0.05) is 17.4 Å². The third kappa shape index (κ3) is 2.44. The Morgan fingerprint density at radius 3 is 2.68 bits per heavy atom. The van der Waals surface area contributed by atoms with Gasteiger partial charge in [0.15, 0.2) is 0 Å². The quantitative estimate of drug-likeness (QED) is 0.803. The molecule has 0 N–H and O–H groups in total. The number of benzene rings is 2. The second-order valence-electron chi connectivity index (χ2n) is 6.67. The van der Waals surface area contributed by atoms with Gasteiger partial charge in [-0.05, 0) is 25.5 Å². The van der Waals surface area contributed by atoms with Crippen molar-refractivity contribution in [2.75, 3.05) is 13.2 Å². The summed E-state index contributed by atoms with van der Waals surface area (Å²) in [6, 6.07) is 18.0. The second-order valence-corrected chi connectivity index (χ2v) is 6.67. The van der Waals surface area contributed by atoms with Gasteiger partial charge in [-0.15, -0.1) is 0 Å². The Morgan fingerprint density at radius 1 is 1.20 bits per heavy atom. The maximum atomic E-state index is 12.6. The van der Waals surface area contributed by atoms with E-state index in [0.717, 1.165) is 16.9 Å². The van der Waals surface area contributed by atoms with Gasteiger partial charge in [0.1, 0.15) is 11.5 Å². The number of aliphatic imine (C=N–C) groups is 1. The van der Waals surface area contributed by atoms with E-state index in [2.05, 4.69) is 6.92 Å². The predicted molar refractivity (Wildman–Crippen MR) is 96.0 cm³/mol. The van der Waals surface area contributed by atoms with E-state index in [1.165, 1.54) is 0 Å². The van der Waals surface area contributed by atoms with E-state index < -0.39 is 5.54 Å². The van der Waals surface area contributed by atoms with Crippen LogP contribution >= 0.6 is 0 Å². The smallest absolute Gasteiger partial charge is 0.352 e. The monoisotopic (exact) mass is 335 g/mol. The minimum Gasteiger partial charge on any atom is -0.493 e. The van der Waals surface area contributed by atoms with Gasteiger partial charge in [-0.2, -0.15) is 0 Å². The van der Waals surface area contributed by atoms with E-state index >= 15 is 0 Å². The number of carbonyl (C=O) groups is 1. The van der Waals surface area contributed by atoms with Gasteiger partial charge < -0.3 is 9.47 Å². The zero-order chi connectivity index (χ0) is 17.4. The summed E-state index contributed by atoms with van der Waals surface area (Å²) in [6.45, 7) is 4.78. The van der Waals surface area contributed by atoms with Crippen LogP contribution in [0, 0.1) is 5.92 Å².